The van der Waals surface area contributed by atoms with Gasteiger partial charge in [0.05, 0.1) is 0 Å². The molecule has 2 heterocycles. The highest BCUT2D eigenvalue weighted by molar-refractivity contribution is 5.97. The highest BCUT2D eigenvalue weighted by Crippen LogP contribution is 2.22. The zero-order chi connectivity index (χ0) is 13.9. The van der Waals surface area contributed by atoms with E-state index in [1.807, 2.05) is 24.3 Å². The Morgan fingerprint density at radius 2 is 2.10 bits per heavy atom. The number of hydrogen-bond donors (Lipinski definition) is 1. The van der Waals surface area contributed by atoms with Crippen molar-refractivity contribution in [3.05, 3.63) is 29.8 Å². The molecular formula is C15H19N3O2. The van der Waals surface area contributed by atoms with E-state index >= 15 is 0 Å². The van der Waals surface area contributed by atoms with E-state index < -0.39 is 0 Å². The van der Waals surface area contributed by atoms with Crippen molar-refractivity contribution in [2.45, 2.75) is 19.4 Å². The number of hydrogen-bond acceptors (Lipinski definition) is 3. The first kappa shape index (κ1) is 13.1. The zero-order valence-corrected chi connectivity index (χ0v) is 11.5. The fraction of sp³-hybridized carbons (Fsp3) is 0.467. The minimum absolute atomic E-state index is 0.0106. The topological polar surface area (TPSA) is 52.7 Å². The summed E-state index contributed by atoms with van der Waals surface area (Å²) in [6.45, 7) is 3.11. The largest absolute Gasteiger partial charge is 0.333 e. The lowest BCUT2D eigenvalue weighted by molar-refractivity contribution is -0.132. The van der Waals surface area contributed by atoms with Crippen LogP contribution >= 0.6 is 0 Å². The van der Waals surface area contributed by atoms with E-state index in [9.17, 15) is 9.59 Å². The molecule has 1 fully saturated rings. The minimum Gasteiger partial charge on any atom is -0.333 e. The maximum Gasteiger partial charge on any atom is 0.246 e. The predicted molar refractivity (Wildman–Crippen MR) is 76.3 cm³/mol. The van der Waals surface area contributed by atoms with Crippen LogP contribution in [0.2, 0.25) is 0 Å². The number of fused-ring (bicyclic) bond motifs is 1. The van der Waals surface area contributed by atoms with Crippen LogP contribution in [0, 0.1) is 0 Å². The smallest absolute Gasteiger partial charge is 0.246 e. The molecule has 0 radical (unpaired) electrons. The molecule has 2 aliphatic rings. The molecular weight excluding hydrogens is 254 g/mol. The molecule has 1 saturated heterocycles. The summed E-state index contributed by atoms with van der Waals surface area (Å²) in [6, 6.07) is 7.95. The monoisotopic (exact) mass is 273 g/mol. The SMILES string of the molecule is O=C1CCCN1CC(=O)N1CCNCc2ccccc21. The van der Waals surface area contributed by atoms with Gasteiger partial charge >= 0.3 is 0 Å². The van der Waals surface area contributed by atoms with Crippen LogP contribution < -0.4 is 10.2 Å². The fourth-order valence-electron chi connectivity index (χ4n) is 2.84. The second-order valence-electron chi connectivity index (χ2n) is 5.27. The third kappa shape index (κ3) is 2.54. The molecule has 1 aromatic rings. The summed E-state index contributed by atoms with van der Waals surface area (Å²) in [5.41, 5.74) is 2.10. The number of para-hydroxylation sites is 1. The second-order valence-corrected chi connectivity index (χ2v) is 5.27. The molecule has 0 aliphatic carbocycles. The van der Waals surface area contributed by atoms with Gasteiger partial charge in [0.2, 0.25) is 11.8 Å². The molecule has 1 aromatic carbocycles. The highest BCUT2D eigenvalue weighted by atomic mass is 16.2. The number of likely N-dealkylation sites (tertiary alicyclic amines) is 1. The van der Waals surface area contributed by atoms with Gasteiger partial charge in [0.15, 0.2) is 0 Å². The Balaban J connectivity index is 1.78. The predicted octanol–water partition coefficient (Wildman–Crippen LogP) is 0.745. The van der Waals surface area contributed by atoms with Crippen molar-refractivity contribution in [3.63, 3.8) is 0 Å². The quantitative estimate of drug-likeness (QED) is 0.865. The highest BCUT2D eigenvalue weighted by Gasteiger charge is 2.26. The average molecular weight is 273 g/mol. The van der Waals surface area contributed by atoms with Crippen LogP contribution in [0.3, 0.4) is 0 Å². The van der Waals surface area contributed by atoms with Crippen LogP contribution in [0.5, 0.6) is 0 Å². The van der Waals surface area contributed by atoms with Crippen molar-refractivity contribution in [2.24, 2.45) is 0 Å². The number of anilines is 1. The van der Waals surface area contributed by atoms with Crippen LogP contribution in [0.1, 0.15) is 18.4 Å². The third-order valence-electron chi connectivity index (χ3n) is 3.91. The zero-order valence-electron chi connectivity index (χ0n) is 11.5. The van der Waals surface area contributed by atoms with Gasteiger partial charge in [-0.25, -0.2) is 0 Å². The average Bonchev–Trinajstić information content (AvgIpc) is 2.75. The molecule has 106 valence electrons. The van der Waals surface area contributed by atoms with Gasteiger partial charge in [0.1, 0.15) is 6.54 Å². The summed E-state index contributed by atoms with van der Waals surface area (Å²) in [5.74, 6) is 0.107. The number of amides is 2. The maximum atomic E-state index is 12.5. The van der Waals surface area contributed by atoms with Gasteiger partial charge in [-0.1, -0.05) is 18.2 Å². The molecule has 2 amide bonds. The lowest BCUT2D eigenvalue weighted by Gasteiger charge is -2.25. The number of nitrogens with zero attached hydrogens (tertiary/aromatic N) is 2. The second kappa shape index (κ2) is 5.63. The van der Waals surface area contributed by atoms with E-state index in [2.05, 4.69) is 5.32 Å². The Morgan fingerprint density at radius 1 is 1.25 bits per heavy atom. The van der Waals surface area contributed by atoms with E-state index in [0.29, 0.717) is 19.5 Å². The first-order valence-corrected chi connectivity index (χ1v) is 7.12. The molecule has 0 saturated carbocycles. The fourth-order valence-corrected chi connectivity index (χ4v) is 2.84. The molecule has 0 unspecified atom stereocenters. The molecule has 3 rings (SSSR count). The normalized spacial score (nSPS) is 18.9. The van der Waals surface area contributed by atoms with Crippen molar-refractivity contribution < 1.29 is 9.59 Å². The molecule has 0 aromatic heterocycles. The van der Waals surface area contributed by atoms with Crippen molar-refractivity contribution in [3.8, 4) is 0 Å². The molecule has 0 atom stereocenters. The van der Waals surface area contributed by atoms with Gasteiger partial charge in [-0.3, -0.25) is 9.59 Å². The maximum absolute atomic E-state index is 12.5. The molecule has 0 spiro atoms. The Bertz CT molecular complexity index is 530. The molecule has 5 heteroatoms. The lowest BCUT2D eigenvalue weighted by atomic mass is 10.1. The van der Waals surface area contributed by atoms with Crippen LogP contribution in [-0.2, 0) is 16.1 Å². The van der Waals surface area contributed by atoms with Gasteiger partial charge in [-0.15, -0.1) is 0 Å². The van der Waals surface area contributed by atoms with E-state index in [1.165, 1.54) is 0 Å². The number of carbonyl (C=O) groups is 2. The van der Waals surface area contributed by atoms with E-state index in [0.717, 1.165) is 30.8 Å². The molecule has 1 N–H and O–H groups in total. The molecule has 5 nitrogen and oxygen atoms in total. The first-order chi connectivity index (χ1) is 9.75. The van der Waals surface area contributed by atoms with Crippen molar-refractivity contribution in [1.82, 2.24) is 10.2 Å². The molecule has 0 bridgehead atoms. The Hall–Kier alpha value is -1.88. The van der Waals surface area contributed by atoms with Gasteiger partial charge in [0.25, 0.3) is 0 Å². The minimum atomic E-state index is 0.0106. The van der Waals surface area contributed by atoms with Crippen molar-refractivity contribution in [2.75, 3.05) is 31.1 Å². The molecule has 20 heavy (non-hydrogen) atoms. The van der Waals surface area contributed by atoms with E-state index in [-0.39, 0.29) is 18.4 Å². The standard InChI is InChI=1S/C15H19N3O2/c19-14-6-3-8-17(14)11-15(20)18-9-7-16-10-12-4-1-2-5-13(12)18/h1-2,4-5,16H,3,6-11H2. The summed E-state index contributed by atoms with van der Waals surface area (Å²) in [7, 11) is 0. The van der Waals surface area contributed by atoms with Gasteiger partial charge in [-0.05, 0) is 18.1 Å². The summed E-state index contributed by atoms with van der Waals surface area (Å²) in [5, 5.41) is 3.32. The van der Waals surface area contributed by atoms with Gasteiger partial charge < -0.3 is 15.1 Å². The van der Waals surface area contributed by atoms with Gasteiger partial charge in [0, 0.05) is 38.3 Å². The summed E-state index contributed by atoms with van der Waals surface area (Å²) in [4.78, 5) is 27.6. The number of carbonyl (C=O) groups excluding carboxylic acids is 2. The van der Waals surface area contributed by atoms with Crippen LogP contribution in [0.25, 0.3) is 0 Å². The van der Waals surface area contributed by atoms with Crippen molar-refractivity contribution in [1.29, 1.82) is 0 Å². The number of nitrogens with one attached hydrogen (secondary N) is 1. The number of benzene rings is 1. The Kier molecular flexibility index (Phi) is 3.69. The van der Waals surface area contributed by atoms with Crippen LogP contribution in [0.15, 0.2) is 24.3 Å². The third-order valence-corrected chi connectivity index (χ3v) is 3.91. The molecule has 2 aliphatic heterocycles. The van der Waals surface area contributed by atoms with E-state index in [1.54, 1.807) is 9.80 Å². The van der Waals surface area contributed by atoms with Gasteiger partial charge in [-0.2, -0.15) is 0 Å². The first-order valence-electron chi connectivity index (χ1n) is 7.12. The van der Waals surface area contributed by atoms with Crippen LogP contribution in [-0.4, -0.2) is 42.9 Å². The summed E-state index contributed by atoms with van der Waals surface area (Å²) >= 11 is 0. The van der Waals surface area contributed by atoms with E-state index in [4.69, 9.17) is 0 Å². The Morgan fingerprint density at radius 3 is 2.90 bits per heavy atom. The van der Waals surface area contributed by atoms with Crippen molar-refractivity contribution >= 4 is 17.5 Å². The summed E-state index contributed by atoms with van der Waals surface area (Å²) < 4.78 is 0. The Labute approximate surface area is 118 Å². The summed E-state index contributed by atoms with van der Waals surface area (Å²) in [6.07, 6.45) is 1.44. The number of rotatable bonds is 2. The van der Waals surface area contributed by atoms with Crippen LogP contribution in [0.4, 0.5) is 5.69 Å². The lowest BCUT2D eigenvalue weighted by Crippen LogP contribution is -2.42.